The minimum absolute atomic E-state index is 0.274. The summed E-state index contributed by atoms with van der Waals surface area (Å²) in [6.45, 7) is 9.16. The van der Waals surface area contributed by atoms with Crippen LogP contribution in [0.2, 0.25) is 0 Å². The monoisotopic (exact) mass is 278 g/mol. The maximum Gasteiger partial charge on any atom is 0.0409 e. The summed E-state index contributed by atoms with van der Waals surface area (Å²) in [6, 6.07) is 6.72. The molecule has 2 atom stereocenters. The molecule has 0 bridgehead atoms. The Kier molecular flexibility index (Phi) is 4.61. The fraction of sp³-hybridized carbons (Fsp3) is 0.667. The third-order valence-electron chi connectivity index (χ3n) is 4.95. The van der Waals surface area contributed by atoms with Crippen molar-refractivity contribution >= 4 is 11.6 Å². The van der Waals surface area contributed by atoms with E-state index in [0.717, 1.165) is 6.42 Å². The van der Waals surface area contributed by atoms with E-state index in [0.29, 0.717) is 11.3 Å². The van der Waals surface area contributed by atoms with Crippen LogP contribution in [0.1, 0.15) is 56.2 Å². The van der Waals surface area contributed by atoms with E-state index in [2.05, 4.69) is 45.9 Å². The predicted octanol–water partition coefficient (Wildman–Crippen LogP) is 5.67. The molecule has 19 heavy (non-hydrogen) atoms. The second-order valence-electron chi connectivity index (χ2n) is 6.99. The Bertz CT molecular complexity index is 433. The van der Waals surface area contributed by atoms with Crippen molar-refractivity contribution in [3.8, 4) is 0 Å². The number of halogens is 1. The van der Waals surface area contributed by atoms with Crippen LogP contribution in [0.3, 0.4) is 0 Å². The van der Waals surface area contributed by atoms with Crippen molar-refractivity contribution in [2.24, 2.45) is 11.3 Å². The predicted molar refractivity (Wildman–Crippen MR) is 85.0 cm³/mol. The van der Waals surface area contributed by atoms with Crippen molar-refractivity contribution in [2.75, 3.05) is 0 Å². The van der Waals surface area contributed by atoms with Crippen LogP contribution >= 0.6 is 11.6 Å². The lowest BCUT2D eigenvalue weighted by Crippen LogP contribution is -2.35. The van der Waals surface area contributed by atoms with E-state index in [9.17, 15) is 0 Å². The highest BCUT2D eigenvalue weighted by Crippen LogP contribution is 2.44. The molecular weight excluding hydrogens is 252 g/mol. The molecule has 0 heterocycles. The molecule has 1 aliphatic rings. The number of aryl methyl sites for hydroxylation is 2. The Morgan fingerprint density at radius 2 is 2.00 bits per heavy atom. The molecule has 0 aliphatic heterocycles. The topological polar surface area (TPSA) is 0 Å². The van der Waals surface area contributed by atoms with Gasteiger partial charge in [0.15, 0.2) is 0 Å². The molecule has 106 valence electrons. The van der Waals surface area contributed by atoms with Gasteiger partial charge in [0.05, 0.1) is 0 Å². The van der Waals surface area contributed by atoms with Gasteiger partial charge in [-0.3, -0.25) is 0 Å². The molecule has 0 spiro atoms. The van der Waals surface area contributed by atoms with Crippen molar-refractivity contribution < 1.29 is 0 Å². The molecule has 0 aromatic heterocycles. The van der Waals surface area contributed by atoms with Gasteiger partial charge in [-0.1, -0.05) is 50.5 Å². The molecule has 1 aromatic rings. The standard InChI is InChI=1S/C18H27Cl/c1-13-8-9-14(2)15(11-13)12-17(19)16-7-5-6-10-18(16,3)4/h8-9,11,16-17H,5-7,10,12H2,1-4H3. The molecule has 1 aliphatic carbocycles. The summed E-state index contributed by atoms with van der Waals surface area (Å²) >= 11 is 6.80. The van der Waals surface area contributed by atoms with Gasteiger partial charge in [-0.05, 0) is 55.6 Å². The van der Waals surface area contributed by atoms with Crippen LogP contribution in [0.4, 0.5) is 0 Å². The summed E-state index contributed by atoms with van der Waals surface area (Å²) in [6.07, 6.45) is 6.36. The zero-order valence-corrected chi connectivity index (χ0v) is 13.6. The molecule has 0 saturated heterocycles. The average Bonchev–Trinajstić information content (AvgIpc) is 2.33. The van der Waals surface area contributed by atoms with Crippen molar-refractivity contribution in [1.82, 2.24) is 0 Å². The number of hydrogen-bond acceptors (Lipinski definition) is 0. The Morgan fingerprint density at radius 3 is 2.68 bits per heavy atom. The van der Waals surface area contributed by atoms with Gasteiger partial charge in [0, 0.05) is 5.38 Å². The van der Waals surface area contributed by atoms with Gasteiger partial charge >= 0.3 is 0 Å². The molecule has 0 nitrogen and oxygen atoms in total. The molecule has 0 radical (unpaired) electrons. The number of rotatable bonds is 3. The van der Waals surface area contributed by atoms with Crippen molar-refractivity contribution in [1.29, 1.82) is 0 Å². The van der Waals surface area contributed by atoms with E-state index in [-0.39, 0.29) is 5.38 Å². The molecule has 2 unspecified atom stereocenters. The first-order chi connectivity index (χ1) is 8.90. The Balaban J connectivity index is 2.11. The summed E-state index contributed by atoms with van der Waals surface area (Å²) in [7, 11) is 0. The van der Waals surface area contributed by atoms with Crippen LogP contribution in [0, 0.1) is 25.2 Å². The fourth-order valence-electron chi connectivity index (χ4n) is 3.56. The third kappa shape index (κ3) is 3.54. The first-order valence-electron chi connectivity index (χ1n) is 7.60. The first kappa shape index (κ1) is 14.9. The van der Waals surface area contributed by atoms with E-state index in [1.54, 1.807) is 0 Å². The smallest absolute Gasteiger partial charge is 0.0409 e. The zero-order chi connectivity index (χ0) is 14.0. The molecule has 1 saturated carbocycles. The van der Waals surface area contributed by atoms with Crippen molar-refractivity contribution in [3.63, 3.8) is 0 Å². The van der Waals surface area contributed by atoms with Gasteiger partial charge in [0.2, 0.25) is 0 Å². The second-order valence-corrected chi connectivity index (χ2v) is 7.55. The van der Waals surface area contributed by atoms with Gasteiger partial charge in [-0.2, -0.15) is 0 Å². The van der Waals surface area contributed by atoms with Crippen LogP contribution in [0.15, 0.2) is 18.2 Å². The van der Waals surface area contributed by atoms with E-state index in [1.165, 1.54) is 42.4 Å². The van der Waals surface area contributed by atoms with Crippen LogP contribution in [0.25, 0.3) is 0 Å². The van der Waals surface area contributed by atoms with E-state index >= 15 is 0 Å². The summed E-state index contributed by atoms with van der Waals surface area (Å²) in [4.78, 5) is 0. The zero-order valence-electron chi connectivity index (χ0n) is 12.8. The van der Waals surface area contributed by atoms with E-state index < -0.39 is 0 Å². The lowest BCUT2D eigenvalue weighted by Gasteiger charge is -2.41. The van der Waals surface area contributed by atoms with Crippen molar-refractivity contribution in [2.45, 2.75) is 65.2 Å². The van der Waals surface area contributed by atoms with Gasteiger partial charge < -0.3 is 0 Å². The molecule has 0 N–H and O–H groups in total. The molecule has 2 rings (SSSR count). The van der Waals surface area contributed by atoms with Gasteiger partial charge in [-0.25, -0.2) is 0 Å². The van der Waals surface area contributed by atoms with Gasteiger partial charge in [0.25, 0.3) is 0 Å². The molecule has 1 aromatic carbocycles. The van der Waals surface area contributed by atoms with Crippen LogP contribution < -0.4 is 0 Å². The number of benzene rings is 1. The maximum atomic E-state index is 6.80. The molecular formula is C18H27Cl. The number of hydrogen-bond donors (Lipinski definition) is 0. The highest BCUT2D eigenvalue weighted by Gasteiger charge is 2.36. The normalized spacial score (nSPS) is 24.2. The van der Waals surface area contributed by atoms with E-state index in [1.807, 2.05) is 0 Å². The summed E-state index contributed by atoms with van der Waals surface area (Å²) in [5, 5.41) is 0.274. The van der Waals surface area contributed by atoms with Crippen LogP contribution in [0.5, 0.6) is 0 Å². The minimum atomic E-state index is 0.274. The Morgan fingerprint density at radius 1 is 1.26 bits per heavy atom. The highest BCUT2D eigenvalue weighted by atomic mass is 35.5. The number of alkyl halides is 1. The first-order valence-corrected chi connectivity index (χ1v) is 8.04. The lowest BCUT2D eigenvalue weighted by atomic mass is 9.66. The summed E-state index contributed by atoms with van der Waals surface area (Å²) < 4.78 is 0. The summed E-state index contributed by atoms with van der Waals surface area (Å²) in [5.74, 6) is 0.655. The highest BCUT2D eigenvalue weighted by molar-refractivity contribution is 6.21. The lowest BCUT2D eigenvalue weighted by molar-refractivity contribution is 0.133. The Labute approximate surface area is 123 Å². The minimum Gasteiger partial charge on any atom is -0.122 e. The van der Waals surface area contributed by atoms with Crippen LogP contribution in [-0.4, -0.2) is 5.38 Å². The SMILES string of the molecule is Cc1ccc(C)c(CC(Cl)C2CCCCC2(C)C)c1. The van der Waals surface area contributed by atoms with E-state index in [4.69, 9.17) is 11.6 Å². The molecule has 1 fully saturated rings. The van der Waals surface area contributed by atoms with Gasteiger partial charge in [-0.15, -0.1) is 11.6 Å². The average molecular weight is 279 g/mol. The second kappa shape index (κ2) is 5.87. The third-order valence-corrected chi connectivity index (χ3v) is 5.40. The maximum absolute atomic E-state index is 6.80. The van der Waals surface area contributed by atoms with Crippen LogP contribution in [-0.2, 0) is 6.42 Å². The quantitative estimate of drug-likeness (QED) is 0.625. The van der Waals surface area contributed by atoms with Crippen molar-refractivity contribution in [3.05, 3.63) is 34.9 Å². The summed E-state index contributed by atoms with van der Waals surface area (Å²) in [5.41, 5.74) is 4.56. The Hall–Kier alpha value is -0.490. The largest absolute Gasteiger partial charge is 0.122 e. The molecule has 1 heteroatoms. The molecule has 0 amide bonds. The van der Waals surface area contributed by atoms with Gasteiger partial charge in [0.1, 0.15) is 0 Å². The fourth-order valence-corrected chi connectivity index (χ4v) is 4.20.